The van der Waals surface area contributed by atoms with Crippen LogP contribution in [0.5, 0.6) is 5.75 Å². The van der Waals surface area contributed by atoms with E-state index in [0.29, 0.717) is 31.2 Å². The van der Waals surface area contributed by atoms with E-state index < -0.39 is 11.8 Å². The highest BCUT2D eigenvalue weighted by atomic mass is 35.5. The molecule has 0 radical (unpaired) electrons. The molecule has 6 rings (SSSR count). The van der Waals surface area contributed by atoms with Gasteiger partial charge in [-0.15, -0.1) is 25.6 Å². The second-order valence-corrected chi connectivity index (χ2v) is 12.4. The number of rotatable bonds is 9. The molecule has 2 aromatic rings. The zero-order chi connectivity index (χ0) is 28.6. The number of likely N-dealkylation sites (tertiary alicyclic amines) is 2. The third-order valence-corrected chi connectivity index (χ3v) is 9.69. The van der Waals surface area contributed by atoms with Crippen molar-refractivity contribution in [2.75, 3.05) is 32.7 Å². The maximum atomic E-state index is 13.8. The highest BCUT2D eigenvalue weighted by Crippen LogP contribution is 2.45. The minimum Gasteiger partial charge on any atom is -0.406 e. The number of nitrogens with zero attached hydrogens (tertiary/aromatic N) is 2. The molecular formula is C32H39ClF3N3O3. The van der Waals surface area contributed by atoms with Crippen molar-refractivity contribution >= 4 is 24.1 Å². The van der Waals surface area contributed by atoms with Crippen LogP contribution in [0.4, 0.5) is 13.2 Å². The van der Waals surface area contributed by atoms with Gasteiger partial charge in [0.05, 0.1) is 11.5 Å². The molecule has 1 amide bonds. The van der Waals surface area contributed by atoms with Crippen LogP contribution in [0.15, 0.2) is 54.6 Å². The minimum absolute atomic E-state index is 0. The van der Waals surface area contributed by atoms with Gasteiger partial charge < -0.3 is 15.0 Å². The summed E-state index contributed by atoms with van der Waals surface area (Å²) >= 11 is 0. The highest BCUT2D eigenvalue weighted by Gasteiger charge is 2.51. The van der Waals surface area contributed by atoms with Gasteiger partial charge in [-0.1, -0.05) is 42.5 Å². The Kier molecular flexibility index (Phi) is 9.21. The van der Waals surface area contributed by atoms with Crippen molar-refractivity contribution in [2.24, 2.45) is 17.3 Å². The Balaban J connectivity index is 0.00000353. The maximum absolute atomic E-state index is 13.8. The van der Waals surface area contributed by atoms with Crippen LogP contribution in [0.3, 0.4) is 0 Å². The molecule has 3 heterocycles. The van der Waals surface area contributed by atoms with Crippen LogP contribution < -0.4 is 10.1 Å². The normalized spacial score (nSPS) is 24.9. The van der Waals surface area contributed by atoms with Crippen molar-refractivity contribution in [3.8, 4) is 5.75 Å². The number of ether oxygens (including phenoxy) is 1. The Morgan fingerprint density at radius 2 is 1.64 bits per heavy atom. The van der Waals surface area contributed by atoms with E-state index in [9.17, 15) is 22.8 Å². The first-order valence-electron chi connectivity index (χ1n) is 14.9. The molecule has 1 unspecified atom stereocenters. The Hall–Kier alpha value is -2.62. The molecule has 228 valence electrons. The van der Waals surface area contributed by atoms with E-state index in [1.165, 1.54) is 17.7 Å². The van der Waals surface area contributed by atoms with Gasteiger partial charge in [0.1, 0.15) is 5.75 Å². The van der Waals surface area contributed by atoms with Crippen molar-refractivity contribution in [1.82, 2.24) is 15.1 Å². The van der Waals surface area contributed by atoms with E-state index in [4.69, 9.17) is 0 Å². The minimum atomic E-state index is -4.73. The second kappa shape index (κ2) is 12.5. The van der Waals surface area contributed by atoms with E-state index in [2.05, 4.69) is 39.2 Å². The van der Waals surface area contributed by atoms with Gasteiger partial charge in [0, 0.05) is 44.4 Å². The Bertz CT molecular complexity index is 1230. The van der Waals surface area contributed by atoms with Crippen LogP contribution >= 0.6 is 12.4 Å². The number of Topliss-reactive ketones (excluding diaryl/α,β-unsaturated/α-hetero) is 1. The van der Waals surface area contributed by atoms with Crippen molar-refractivity contribution in [1.29, 1.82) is 0 Å². The molecule has 0 bridgehead atoms. The van der Waals surface area contributed by atoms with Crippen LogP contribution in [-0.2, 0) is 16.1 Å². The largest absolute Gasteiger partial charge is 0.573 e. The number of benzene rings is 2. The molecule has 0 aromatic heterocycles. The Morgan fingerprint density at radius 3 is 2.29 bits per heavy atom. The summed E-state index contributed by atoms with van der Waals surface area (Å²) in [6, 6.07) is 16.1. The third kappa shape index (κ3) is 6.79. The molecule has 4 fully saturated rings. The lowest BCUT2D eigenvalue weighted by Gasteiger charge is -2.44. The number of ketones is 1. The fourth-order valence-electron chi connectivity index (χ4n) is 7.29. The number of nitrogens with one attached hydrogen (secondary N) is 1. The molecule has 42 heavy (non-hydrogen) atoms. The second-order valence-electron chi connectivity index (χ2n) is 12.4. The van der Waals surface area contributed by atoms with E-state index in [0.717, 1.165) is 63.8 Å². The van der Waals surface area contributed by atoms with Gasteiger partial charge >= 0.3 is 6.36 Å². The SMILES string of the molecule is Cl.O=C(CC1CC1)C([C@@H]1CNC[C@@H]1c1ccccc1)N1CCC2(CCN(Cc3ccc(OC(F)(F)F)cc3)C2=O)CC1. The molecule has 1 saturated carbocycles. The number of amides is 1. The Labute approximate surface area is 251 Å². The molecule has 10 heteroatoms. The van der Waals surface area contributed by atoms with Crippen molar-refractivity contribution in [3.63, 3.8) is 0 Å². The average molecular weight is 606 g/mol. The highest BCUT2D eigenvalue weighted by molar-refractivity contribution is 5.86. The zero-order valence-electron chi connectivity index (χ0n) is 23.7. The van der Waals surface area contributed by atoms with Gasteiger partial charge in [-0.2, -0.15) is 0 Å². The van der Waals surface area contributed by atoms with Crippen molar-refractivity contribution in [2.45, 2.75) is 63.4 Å². The summed E-state index contributed by atoms with van der Waals surface area (Å²) < 4.78 is 41.4. The fraction of sp³-hybridized carbons (Fsp3) is 0.562. The first kappa shape index (κ1) is 30.8. The van der Waals surface area contributed by atoms with Gasteiger partial charge in [0.2, 0.25) is 5.91 Å². The van der Waals surface area contributed by atoms with Crippen LogP contribution in [0.1, 0.15) is 55.6 Å². The summed E-state index contributed by atoms with van der Waals surface area (Å²) in [5.74, 6) is 1.24. The summed E-state index contributed by atoms with van der Waals surface area (Å²) in [4.78, 5) is 31.6. The van der Waals surface area contributed by atoms with Gasteiger partial charge in [-0.05, 0) is 74.4 Å². The number of piperidine rings is 1. The molecule has 1 aliphatic carbocycles. The van der Waals surface area contributed by atoms with E-state index in [1.54, 1.807) is 12.1 Å². The summed E-state index contributed by atoms with van der Waals surface area (Å²) in [5, 5.41) is 3.56. The molecule has 3 saturated heterocycles. The zero-order valence-corrected chi connectivity index (χ0v) is 24.5. The van der Waals surface area contributed by atoms with E-state index in [-0.39, 0.29) is 41.9 Å². The number of halogens is 4. The lowest BCUT2D eigenvalue weighted by molar-refractivity contribution is -0.274. The summed E-state index contributed by atoms with van der Waals surface area (Å²) in [6.07, 6.45) is 0.446. The summed E-state index contributed by atoms with van der Waals surface area (Å²) in [6.45, 7) is 4.14. The molecule has 3 atom stereocenters. The number of alkyl halides is 3. The van der Waals surface area contributed by atoms with Gasteiger partial charge in [0.15, 0.2) is 5.78 Å². The quantitative estimate of drug-likeness (QED) is 0.405. The first-order valence-corrected chi connectivity index (χ1v) is 14.9. The fourth-order valence-corrected chi connectivity index (χ4v) is 7.29. The van der Waals surface area contributed by atoms with Crippen LogP contribution in [0.25, 0.3) is 0 Å². The van der Waals surface area contributed by atoms with Gasteiger partial charge in [0.25, 0.3) is 0 Å². The number of carbonyl (C=O) groups is 2. The maximum Gasteiger partial charge on any atom is 0.573 e. The lowest BCUT2D eigenvalue weighted by atomic mass is 9.74. The molecule has 3 aliphatic heterocycles. The summed E-state index contributed by atoms with van der Waals surface area (Å²) in [5.41, 5.74) is 1.63. The predicted molar refractivity (Wildman–Crippen MR) is 155 cm³/mol. The predicted octanol–water partition coefficient (Wildman–Crippen LogP) is 5.56. The third-order valence-electron chi connectivity index (χ3n) is 9.69. The van der Waals surface area contributed by atoms with Gasteiger partial charge in [-0.3, -0.25) is 14.5 Å². The topological polar surface area (TPSA) is 61.9 Å². The monoisotopic (exact) mass is 605 g/mol. The smallest absolute Gasteiger partial charge is 0.406 e. The molecule has 1 spiro atoms. The lowest BCUT2D eigenvalue weighted by Crippen LogP contribution is -2.54. The molecular weight excluding hydrogens is 567 g/mol. The summed E-state index contributed by atoms with van der Waals surface area (Å²) in [7, 11) is 0. The number of hydrogen-bond acceptors (Lipinski definition) is 5. The van der Waals surface area contributed by atoms with Crippen LogP contribution in [0.2, 0.25) is 0 Å². The van der Waals surface area contributed by atoms with Gasteiger partial charge in [-0.25, -0.2) is 0 Å². The average Bonchev–Trinajstić information content (AvgIpc) is 3.56. The van der Waals surface area contributed by atoms with Crippen molar-refractivity contribution in [3.05, 3.63) is 65.7 Å². The number of hydrogen-bond donors (Lipinski definition) is 1. The molecule has 1 N–H and O–H groups in total. The van der Waals surface area contributed by atoms with Crippen LogP contribution in [0, 0.1) is 17.3 Å². The molecule has 2 aromatic carbocycles. The molecule has 4 aliphatic rings. The standard InChI is InChI=1S/C32H38F3N3O3.ClH/c33-32(34,35)41-25-10-8-23(9-11-25)21-38-17-14-31(30(38)40)12-15-37(16-13-31)29(28(39)18-22-6-7-22)27-20-36-19-26(27)24-4-2-1-3-5-24;/h1-5,8-11,22,26-27,29,36H,6-7,12-21H2;1H/t26-,27-,29?;/m1./s1. The number of carbonyl (C=O) groups excluding carboxylic acids is 2. The van der Waals surface area contributed by atoms with Crippen molar-refractivity contribution < 1.29 is 27.5 Å². The first-order chi connectivity index (χ1) is 19.7. The Morgan fingerprint density at radius 1 is 0.976 bits per heavy atom. The van der Waals surface area contributed by atoms with E-state index in [1.807, 2.05) is 11.0 Å². The molecule has 6 nitrogen and oxygen atoms in total. The van der Waals surface area contributed by atoms with E-state index >= 15 is 0 Å². The van der Waals surface area contributed by atoms with Crippen LogP contribution in [-0.4, -0.2) is 66.6 Å².